The number of halogens is 1. The molecule has 0 atom stereocenters. The number of nitrogens with one attached hydrogen (secondary N) is 3. The van der Waals surface area contributed by atoms with Gasteiger partial charge in [0.15, 0.2) is 5.84 Å². The average molecular weight is 313 g/mol. The molecule has 0 fully saturated rings. The van der Waals surface area contributed by atoms with Gasteiger partial charge in [-0.2, -0.15) is 5.10 Å². The lowest BCUT2D eigenvalue weighted by Gasteiger charge is -2.08. The first-order chi connectivity index (χ1) is 10.7. The molecule has 1 aromatic heterocycles. The molecule has 0 radical (unpaired) electrons. The van der Waals surface area contributed by atoms with Gasteiger partial charge >= 0.3 is 0 Å². The normalized spacial score (nSPS) is 14.7. The number of aromatic amines is 1. The molecule has 4 rings (SSSR count). The van der Waals surface area contributed by atoms with Crippen molar-refractivity contribution in [2.75, 3.05) is 7.05 Å². The van der Waals surface area contributed by atoms with Crippen LogP contribution in [0.15, 0.2) is 47.6 Å². The van der Waals surface area contributed by atoms with E-state index in [9.17, 15) is 0 Å². The summed E-state index contributed by atoms with van der Waals surface area (Å²) in [5, 5.41) is 15.1. The lowest BCUT2D eigenvalue weighted by Crippen LogP contribution is -2.37. The van der Waals surface area contributed by atoms with Crippen LogP contribution in [0.3, 0.4) is 0 Å². The van der Waals surface area contributed by atoms with E-state index in [1.165, 1.54) is 0 Å². The van der Waals surface area contributed by atoms with Crippen LogP contribution in [-0.4, -0.2) is 28.2 Å². The molecule has 110 valence electrons. The summed E-state index contributed by atoms with van der Waals surface area (Å²) in [6.07, 6.45) is 0. The number of hydrazone groups is 1. The smallest absolute Gasteiger partial charge is 0.170 e. The first-order valence-electron chi connectivity index (χ1n) is 6.79. The standard InChI is InChI=1S/C15H13ClN6/c1-22-20-15(19-21-22)10-4-7-13-12(8-10)14(18-17-13)9-2-5-11(16)6-3-9/h2-8,21H,1H3,(H,17,18)(H,19,20). The van der Waals surface area contributed by atoms with Crippen molar-refractivity contribution < 1.29 is 0 Å². The molecule has 1 aliphatic heterocycles. The largest absolute Gasteiger partial charge is 0.282 e. The number of H-pyrrole nitrogens is 1. The topological polar surface area (TPSA) is 68.3 Å². The highest BCUT2D eigenvalue weighted by Gasteiger charge is 2.15. The van der Waals surface area contributed by atoms with Crippen molar-refractivity contribution in [3.05, 3.63) is 53.1 Å². The maximum absolute atomic E-state index is 5.95. The van der Waals surface area contributed by atoms with Crippen LogP contribution in [0.2, 0.25) is 5.02 Å². The van der Waals surface area contributed by atoms with Crippen LogP contribution in [0.25, 0.3) is 22.2 Å². The highest BCUT2D eigenvalue weighted by atomic mass is 35.5. The van der Waals surface area contributed by atoms with Crippen LogP contribution in [0.4, 0.5) is 0 Å². The zero-order valence-corrected chi connectivity index (χ0v) is 12.5. The fraction of sp³-hybridized carbons (Fsp3) is 0.0667. The summed E-state index contributed by atoms with van der Waals surface area (Å²) in [5.74, 6) is 0.771. The van der Waals surface area contributed by atoms with Gasteiger partial charge < -0.3 is 0 Å². The van der Waals surface area contributed by atoms with Crippen molar-refractivity contribution >= 4 is 28.3 Å². The van der Waals surface area contributed by atoms with E-state index in [1.54, 1.807) is 5.12 Å². The Bertz CT molecular complexity index is 867. The van der Waals surface area contributed by atoms with Crippen molar-refractivity contribution in [2.45, 2.75) is 0 Å². The van der Waals surface area contributed by atoms with Crippen LogP contribution >= 0.6 is 11.6 Å². The number of hydrogen-bond donors (Lipinski definition) is 3. The number of benzene rings is 2. The van der Waals surface area contributed by atoms with Gasteiger partial charge in [-0.25, -0.2) is 5.53 Å². The monoisotopic (exact) mass is 312 g/mol. The summed E-state index contributed by atoms with van der Waals surface area (Å²) in [4.78, 5) is 0. The van der Waals surface area contributed by atoms with Gasteiger partial charge in [-0.1, -0.05) is 23.7 Å². The molecule has 2 heterocycles. The van der Waals surface area contributed by atoms with Gasteiger partial charge in [0.25, 0.3) is 0 Å². The number of fused-ring (bicyclic) bond motifs is 1. The first kappa shape index (κ1) is 13.1. The van der Waals surface area contributed by atoms with Crippen molar-refractivity contribution in [1.29, 1.82) is 0 Å². The summed E-state index contributed by atoms with van der Waals surface area (Å²) < 4.78 is 0. The highest BCUT2D eigenvalue weighted by Crippen LogP contribution is 2.28. The number of rotatable bonds is 2. The highest BCUT2D eigenvalue weighted by molar-refractivity contribution is 6.30. The molecule has 2 aromatic carbocycles. The maximum Gasteiger partial charge on any atom is 0.170 e. The van der Waals surface area contributed by atoms with Crippen molar-refractivity contribution in [3.63, 3.8) is 0 Å². The molecule has 0 aliphatic carbocycles. The second-order valence-electron chi connectivity index (χ2n) is 5.07. The van der Waals surface area contributed by atoms with E-state index in [2.05, 4.69) is 32.3 Å². The molecule has 3 N–H and O–H groups in total. The summed E-state index contributed by atoms with van der Waals surface area (Å²) in [6, 6.07) is 13.7. The van der Waals surface area contributed by atoms with Gasteiger partial charge in [-0.15, -0.1) is 10.2 Å². The first-order valence-corrected chi connectivity index (χ1v) is 7.17. The third-order valence-corrected chi connectivity index (χ3v) is 3.79. The quantitative estimate of drug-likeness (QED) is 0.680. The van der Waals surface area contributed by atoms with Gasteiger partial charge in [0.1, 0.15) is 0 Å². The van der Waals surface area contributed by atoms with Crippen molar-refractivity contribution in [1.82, 2.24) is 26.3 Å². The van der Waals surface area contributed by atoms with Crippen molar-refractivity contribution in [2.24, 2.45) is 5.10 Å². The van der Waals surface area contributed by atoms with Gasteiger partial charge in [-0.05, 0) is 30.3 Å². The summed E-state index contributed by atoms with van der Waals surface area (Å²) in [6.45, 7) is 0. The molecule has 3 aromatic rings. The minimum atomic E-state index is 0.711. The molecule has 0 saturated carbocycles. The minimum absolute atomic E-state index is 0.711. The second-order valence-corrected chi connectivity index (χ2v) is 5.51. The van der Waals surface area contributed by atoms with E-state index in [1.807, 2.05) is 43.4 Å². The van der Waals surface area contributed by atoms with Gasteiger partial charge in [0.05, 0.1) is 11.2 Å². The SMILES string of the molecule is CN1NN=C(c2ccc3[nH]nc(-c4ccc(Cl)cc4)c3c2)N1. The average Bonchev–Trinajstić information content (AvgIpc) is 3.14. The molecule has 0 unspecified atom stereocenters. The van der Waals surface area contributed by atoms with Crippen LogP contribution in [0.1, 0.15) is 5.56 Å². The fourth-order valence-electron chi connectivity index (χ4n) is 2.45. The van der Waals surface area contributed by atoms with E-state index >= 15 is 0 Å². The van der Waals surface area contributed by atoms with E-state index in [0.717, 1.165) is 33.6 Å². The zero-order chi connectivity index (χ0) is 15.1. The molecule has 0 spiro atoms. The second kappa shape index (κ2) is 5.01. The Kier molecular flexibility index (Phi) is 2.99. The van der Waals surface area contributed by atoms with Gasteiger partial charge in [0.2, 0.25) is 0 Å². The number of hydrogen-bond acceptors (Lipinski definition) is 5. The summed E-state index contributed by atoms with van der Waals surface area (Å²) in [5.41, 5.74) is 9.83. The molecular formula is C15H13ClN6. The Balaban J connectivity index is 1.81. The van der Waals surface area contributed by atoms with Gasteiger partial charge in [-0.3, -0.25) is 10.5 Å². The summed E-state index contributed by atoms with van der Waals surface area (Å²) in [7, 11) is 1.85. The fourth-order valence-corrected chi connectivity index (χ4v) is 2.58. The van der Waals surface area contributed by atoms with Crippen molar-refractivity contribution in [3.8, 4) is 11.3 Å². The van der Waals surface area contributed by atoms with Crippen LogP contribution < -0.4 is 11.0 Å². The minimum Gasteiger partial charge on any atom is -0.282 e. The Morgan fingerprint density at radius 3 is 2.55 bits per heavy atom. The Morgan fingerprint density at radius 1 is 1.05 bits per heavy atom. The lowest BCUT2D eigenvalue weighted by molar-refractivity contribution is 0.232. The number of amidine groups is 1. The molecule has 7 heteroatoms. The van der Waals surface area contributed by atoms with E-state index in [-0.39, 0.29) is 0 Å². The predicted octanol–water partition coefficient (Wildman–Crippen LogP) is 2.50. The lowest BCUT2D eigenvalue weighted by atomic mass is 10.1. The Hall–Kier alpha value is -2.57. The van der Waals surface area contributed by atoms with Crippen LogP contribution in [-0.2, 0) is 0 Å². The Morgan fingerprint density at radius 2 is 1.82 bits per heavy atom. The summed E-state index contributed by atoms with van der Waals surface area (Å²) >= 11 is 5.95. The molecule has 0 amide bonds. The third kappa shape index (κ3) is 2.18. The molecule has 22 heavy (non-hydrogen) atoms. The molecule has 0 saturated heterocycles. The Labute approximate surface area is 131 Å². The predicted molar refractivity (Wildman–Crippen MR) is 87.1 cm³/mol. The van der Waals surface area contributed by atoms with E-state index < -0.39 is 0 Å². The van der Waals surface area contributed by atoms with E-state index in [4.69, 9.17) is 11.6 Å². The van der Waals surface area contributed by atoms with Crippen LogP contribution in [0, 0.1) is 0 Å². The molecule has 1 aliphatic rings. The van der Waals surface area contributed by atoms with Crippen LogP contribution in [0.5, 0.6) is 0 Å². The number of nitrogens with zero attached hydrogens (tertiary/aromatic N) is 3. The number of hydrazine groups is 2. The molecule has 6 nitrogen and oxygen atoms in total. The molecule has 0 bridgehead atoms. The zero-order valence-electron chi connectivity index (χ0n) is 11.8. The molecular weight excluding hydrogens is 300 g/mol. The van der Waals surface area contributed by atoms with Gasteiger partial charge in [0, 0.05) is 28.6 Å². The third-order valence-electron chi connectivity index (χ3n) is 3.54. The maximum atomic E-state index is 5.95. The van der Waals surface area contributed by atoms with E-state index in [0.29, 0.717) is 5.02 Å². The number of aromatic nitrogens is 2.